The number of aliphatic carboxylic acids is 1. The molecule has 2 N–H and O–H groups in total. The Hall–Kier alpha value is -3.59. The van der Waals surface area contributed by atoms with E-state index in [9.17, 15) is 19.5 Å². The molecule has 0 aromatic heterocycles. The van der Waals surface area contributed by atoms with Crippen LogP contribution in [0.5, 0.6) is 23.0 Å². The number of benzene rings is 2. The monoisotopic (exact) mass is 544 g/mol. The van der Waals surface area contributed by atoms with Gasteiger partial charge in [-0.3, -0.25) is 9.59 Å². The number of phenolic OH excluding ortho intramolecular Hbond substituents is 1. The van der Waals surface area contributed by atoms with Gasteiger partial charge in [0.05, 0.1) is 24.3 Å². The van der Waals surface area contributed by atoms with Crippen molar-refractivity contribution in [3.8, 4) is 23.0 Å². The van der Waals surface area contributed by atoms with Crippen molar-refractivity contribution in [3.63, 3.8) is 0 Å². The lowest BCUT2D eigenvalue weighted by Gasteiger charge is -2.18. The number of carbonyl (C=O) groups excluding carboxylic acids is 2. The van der Waals surface area contributed by atoms with Gasteiger partial charge in [-0.2, -0.15) is 0 Å². The molecule has 0 radical (unpaired) electrons. The molecule has 0 spiro atoms. The molecule has 0 saturated carbocycles. The topological polar surface area (TPSA) is 129 Å². The molecule has 214 valence electrons. The molecule has 9 heteroatoms. The van der Waals surface area contributed by atoms with E-state index in [0.29, 0.717) is 91.6 Å². The number of rotatable bonds is 19. The van der Waals surface area contributed by atoms with Gasteiger partial charge in [-0.05, 0) is 51.0 Å². The summed E-state index contributed by atoms with van der Waals surface area (Å²) in [5.41, 5.74) is 2.07. The van der Waals surface area contributed by atoms with Crippen LogP contribution in [-0.4, -0.2) is 60.8 Å². The number of phenols is 1. The lowest BCUT2D eigenvalue weighted by Crippen LogP contribution is -2.13. The average molecular weight is 545 g/mol. The molecule has 0 atom stereocenters. The first-order chi connectivity index (χ1) is 18.7. The average Bonchev–Trinajstić information content (AvgIpc) is 2.88. The predicted molar refractivity (Wildman–Crippen MR) is 147 cm³/mol. The number of carboxylic acid groups (broad SMARTS) is 1. The molecule has 2 aromatic carbocycles. The molecule has 9 nitrogen and oxygen atoms in total. The van der Waals surface area contributed by atoms with Crippen LogP contribution in [0.25, 0.3) is 0 Å². The molecule has 0 fully saturated rings. The summed E-state index contributed by atoms with van der Waals surface area (Å²) < 4.78 is 23.0. The van der Waals surface area contributed by atoms with Crippen molar-refractivity contribution in [1.82, 2.24) is 0 Å². The maximum Gasteiger partial charge on any atom is 0.341 e. The highest BCUT2D eigenvalue weighted by atomic mass is 16.5. The highest BCUT2D eigenvalue weighted by Crippen LogP contribution is 2.35. The molecule has 0 aliphatic carbocycles. The minimum atomic E-state index is -1.08. The zero-order chi connectivity index (χ0) is 28.8. The van der Waals surface area contributed by atoms with Crippen molar-refractivity contribution in [3.05, 3.63) is 46.5 Å². The van der Waals surface area contributed by atoms with Crippen molar-refractivity contribution < 1.29 is 43.5 Å². The normalized spacial score (nSPS) is 10.8. The third-order valence-electron chi connectivity index (χ3n) is 5.94. The first-order valence-corrected chi connectivity index (χ1v) is 13.4. The van der Waals surface area contributed by atoms with Crippen molar-refractivity contribution in [2.24, 2.45) is 0 Å². The van der Waals surface area contributed by atoms with Gasteiger partial charge in [-0.15, -0.1) is 0 Å². The summed E-state index contributed by atoms with van der Waals surface area (Å²) in [5.74, 6) is -0.00612. The summed E-state index contributed by atoms with van der Waals surface area (Å²) >= 11 is 0. The summed E-state index contributed by atoms with van der Waals surface area (Å²) in [4.78, 5) is 34.8. The summed E-state index contributed by atoms with van der Waals surface area (Å²) in [7, 11) is 0. The number of ether oxygens (including phenoxy) is 4. The molecule has 0 aliphatic heterocycles. The van der Waals surface area contributed by atoms with Gasteiger partial charge in [-0.1, -0.05) is 26.7 Å². The Bertz CT molecular complexity index is 1120. The van der Waals surface area contributed by atoms with Crippen LogP contribution < -0.4 is 14.2 Å². The third kappa shape index (κ3) is 9.58. The molecule has 2 rings (SSSR count). The van der Waals surface area contributed by atoms with Crippen molar-refractivity contribution in [2.75, 3.05) is 33.0 Å². The van der Waals surface area contributed by atoms with E-state index < -0.39 is 12.6 Å². The van der Waals surface area contributed by atoms with Gasteiger partial charge >= 0.3 is 5.97 Å². The lowest BCUT2D eigenvalue weighted by atomic mass is 10.0. The lowest BCUT2D eigenvalue weighted by molar-refractivity contribution is -0.139. The van der Waals surface area contributed by atoms with Crippen molar-refractivity contribution in [2.45, 2.75) is 66.2 Å². The number of hydrogen-bond acceptors (Lipinski definition) is 8. The number of Topliss-reactive ketones (excluding diaryl/α,β-unsaturated/α-hetero) is 2. The van der Waals surface area contributed by atoms with Crippen LogP contribution >= 0.6 is 0 Å². The molecule has 0 bridgehead atoms. The van der Waals surface area contributed by atoms with E-state index in [4.69, 9.17) is 24.1 Å². The SMILES string of the molecule is CCCc1c(OCCCOCCCOc2c(C(C)=O)ccc(OCC(=O)O)c2CCC)ccc(C(C)=O)c1O. The van der Waals surface area contributed by atoms with E-state index in [1.165, 1.54) is 13.8 Å². The number of carboxylic acids is 1. The van der Waals surface area contributed by atoms with Gasteiger partial charge in [0.2, 0.25) is 0 Å². The summed E-state index contributed by atoms with van der Waals surface area (Å²) in [5, 5.41) is 19.4. The molecule has 2 aromatic rings. The zero-order valence-electron chi connectivity index (χ0n) is 23.3. The number of hydrogen-bond donors (Lipinski definition) is 2. The summed E-state index contributed by atoms with van der Waals surface area (Å²) in [6, 6.07) is 6.53. The second kappa shape index (κ2) is 16.4. The molecule has 0 unspecified atom stereocenters. The Kier molecular flexibility index (Phi) is 13.3. The Morgan fingerprint density at radius 1 is 0.718 bits per heavy atom. The molecular weight excluding hydrogens is 504 g/mol. The van der Waals surface area contributed by atoms with Crippen LogP contribution in [0.4, 0.5) is 0 Å². The Balaban J connectivity index is 1.84. The highest BCUT2D eigenvalue weighted by molar-refractivity contribution is 5.98. The second-order valence-electron chi connectivity index (χ2n) is 9.17. The van der Waals surface area contributed by atoms with Gasteiger partial charge in [0.1, 0.15) is 23.0 Å². The summed E-state index contributed by atoms with van der Waals surface area (Å²) in [6.45, 7) is 8.03. The Morgan fingerprint density at radius 3 is 1.82 bits per heavy atom. The molecule has 0 amide bonds. The molecule has 0 heterocycles. The Labute approximate surface area is 230 Å². The molecule has 39 heavy (non-hydrogen) atoms. The van der Waals surface area contributed by atoms with Crippen LogP contribution in [0.2, 0.25) is 0 Å². The van der Waals surface area contributed by atoms with Crippen molar-refractivity contribution >= 4 is 17.5 Å². The fourth-order valence-electron chi connectivity index (χ4n) is 4.12. The summed E-state index contributed by atoms with van der Waals surface area (Å²) in [6.07, 6.45) is 4.00. The first-order valence-electron chi connectivity index (χ1n) is 13.4. The van der Waals surface area contributed by atoms with Crippen LogP contribution in [-0.2, 0) is 22.4 Å². The highest BCUT2D eigenvalue weighted by Gasteiger charge is 2.19. The van der Waals surface area contributed by atoms with Crippen LogP contribution in [0.15, 0.2) is 24.3 Å². The minimum Gasteiger partial charge on any atom is -0.507 e. The van der Waals surface area contributed by atoms with E-state index in [0.717, 1.165) is 12.8 Å². The maximum absolute atomic E-state index is 12.2. The van der Waals surface area contributed by atoms with Gasteiger partial charge in [0.25, 0.3) is 0 Å². The van der Waals surface area contributed by atoms with Gasteiger partial charge in [-0.25, -0.2) is 4.79 Å². The van der Waals surface area contributed by atoms with Gasteiger partial charge < -0.3 is 29.2 Å². The smallest absolute Gasteiger partial charge is 0.341 e. The van der Waals surface area contributed by atoms with E-state index in [-0.39, 0.29) is 17.3 Å². The van der Waals surface area contributed by atoms with E-state index in [1.54, 1.807) is 24.3 Å². The first kappa shape index (κ1) is 31.6. The largest absolute Gasteiger partial charge is 0.507 e. The van der Waals surface area contributed by atoms with Crippen LogP contribution in [0.3, 0.4) is 0 Å². The molecular formula is C30H40O9. The fraction of sp³-hybridized carbons (Fsp3) is 0.500. The van der Waals surface area contributed by atoms with Gasteiger partial charge in [0.15, 0.2) is 18.2 Å². The number of ketones is 2. The Morgan fingerprint density at radius 2 is 1.26 bits per heavy atom. The third-order valence-corrected chi connectivity index (χ3v) is 5.94. The fourth-order valence-corrected chi connectivity index (χ4v) is 4.12. The quantitative estimate of drug-likeness (QED) is 0.176. The predicted octanol–water partition coefficient (Wildman–Crippen LogP) is 5.42. The molecule has 0 saturated heterocycles. The van der Waals surface area contributed by atoms with Crippen LogP contribution in [0, 0.1) is 0 Å². The maximum atomic E-state index is 12.2. The second-order valence-corrected chi connectivity index (χ2v) is 9.17. The number of carbonyl (C=O) groups is 3. The molecule has 0 aliphatic rings. The van der Waals surface area contributed by atoms with E-state index >= 15 is 0 Å². The standard InChI is InChI=1S/C30H40O9/c1-5-9-24-26(13-11-22(20(3)31)29(24)35)37-17-7-15-36-16-8-18-38-30-23(21(4)32)12-14-27(25(30)10-6-2)39-19-28(33)34/h11-14,35H,5-10,15-19H2,1-4H3,(H,33,34). The van der Waals surface area contributed by atoms with E-state index in [1.807, 2.05) is 13.8 Å². The van der Waals surface area contributed by atoms with Crippen molar-refractivity contribution in [1.29, 1.82) is 0 Å². The van der Waals surface area contributed by atoms with Gasteiger partial charge in [0, 0.05) is 37.2 Å². The number of aromatic hydroxyl groups is 1. The van der Waals surface area contributed by atoms with E-state index in [2.05, 4.69) is 0 Å². The zero-order valence-corrected chi connectivity index (χ0v) is 23.3. The minimum absolute atomic E-state index is 0.00731. The van der Waals surface area contributed by atoms with Crippen LogP contribution in [0.1, 0.15) is 85.2 Å².